The van der Waals surface area contributed by atoms with Gasteiger partial charge in [0.05, 0.1) is 21.7 Å². The summed E-state index contributed by atoms with van der Waals surface area (Å²) in [5, 5.41) is 10.8. The average molecular weight is 239 g/mol. The summed E-state index contributed by atoms with van der Waals surface area (Å²) >= 11 is 5.91. The second kappa shape index (κ2) is 3.94. The molecule has 16 heavy (non-hydrogen) atoms. The molecule has 0 spiro atoms. The fourth-order valence-corrected chi connectivity index (χ4v) is 1.53. The lowest BCUT2D eigenvalue weighted by Crippen LogP contribution is -1.88. The number of halogens is 1. The number of aryl methyl sites for hydroxylation is 1. The number of hydrogen-bond acceptors (Lipinski definition) is 4. The van der Waals surface area contributed by atoms with Crippen molar-refractivity contribution in [2.75, 3.05) is 0 Å². The predicted molar refractivity (Wildman–Crippen MR) is 58.3 cm³/mol. The molecule has 2 aromatic rings. The number of nitro benzene ring substituents is 1. The van der Waals surface area contributed by atoms with Gasteiger partial charge in [-0.1, -0.05) is 11.6 Å². The van der Waals surface area contributed by atoms with Gasteiger partial charge in [0.2, 0.25) is 5.89 Å². The first-order valence-electron chi connectivity index (χ1n) is 4.44. The first kappa shape index (κ1) is 10.6. The van der Waals surface area contributed by atoms with E-state index < -0.39 is 4.92 Å². The van der Waals surface area contributed by atoms with Gasteiger partial charge in [-0.3, -0.25) is 10.1 Å². The van der Waals surface area contributed by atoms with Crippen molar-refractivity contribution < 1.29 is 9.34 Å². The van der Waals surface area contributed by atoms with E-state index in [-0.39, 0.29) is 10.7 Å². The molecule has 6 heteroatoms. The van der Waals surface area contributed by atoms with Gasteiger partial charge in [-0.2, -0.15) is 0 Å². The highest BCUT2D eigenvalue weighted by molar-refractivity contribution is 6.33. The zero-order chi connectivity index (χ0) is 11.7. The number of oxazole rings is 1. The smallest absolute Gasteiger partial charge is 0.270 e. The Morgan fingerprint density at radius 2 is 2.25 bits per heavy atom. The number of non-ortho nitro benzene ring substituents is 1. The van der Waals surface area contributed by atoms with Crippen molar-refractivity contribution in [1.82, 2.24) is 4.98 Å². The van der Waals surface area contributed by atoms with Crippen LogP contribution in [-0.2, 0) is 0 Å². The Labute approximate surface area is 95.8 Å². The van der Waals surface area contributed by atoms with Crippen LogP contribution in [0.1, 0.15) is 5.76 Å². The SMILES string of the molecule is Cc1cnc(-c2ccc([N+](=O)[O-])cc2Cl)o1. The van der Waals surface area contributed by atoms with Crippen LogP contribution in [0.5, 0.6) is 0 Å². The Balaban J connectivity index is 2.47. The number of hydrogen-bond donors (Lipinski definition) is 0. The normalized spacial score (nSPS) is 10.4. The molecule has 0 atom stereocenters. The molecule has 0 aliphatic carbocycles. The Morgan fingerprint density at radius 3 is 2.75 bits per heavy atom. The van der Waals surface area contributed by atoms with Crippen molar-refractivity contribution in [1.29, 1.82) is 0 Å². The van der Waals surface area contributed by atoms with E-state index >= 15 is 0 Å². The molecule has 0 radical (unpaired) electrons. The second-order valence-electron chi connectivity index (χ2n) is 3.20. The zero-order valence-electron chi connectivity index (χ0n) is 8.31. The number of rotatable bonds is 2. The molecule has 0 unspecified atom stereocenters. The van der Waals surface area contributed by atoms with Crippen LogP contribution >= 0.6 is 11.6 Å². The summed E-state index contributed by atoms with van der Waals surface area (Å²) < 4.78 is 5.29. The van der Waals surface area contributed by atoms with Crippen molar-refractivity contribution in [2.24, 2.45) is 0 Å². The van der Waals surface area contributed by atoms with Crippen LogP contribution in [0.25, 0.3) is 11.5 Å². The van der Waals surface area contributed by atoms with E-state index in [0.29, 0.717) is 17.2 Å². The topological polar surface area (TPSA) is 69.2 Å². The van der Waals surface area contributed by atoms with Gasteiger partial charge in [0.15, 0.2) is 0 Å². The third kappa shape index (κ3) is 1.90. The summed E-state index contributed by atoms with van der Waals surface area (Å²) in [5.41, 5.74) is 0.484. The third-order valence-electron chi connectivity index (χ3n) is 2.02. The van der Waals surface area contributed by atoms with E-state index in [1.165, 1.54) is 18.2 Å². The van der Waals surface area contributed by atoms with Crippen LogP contribution < -0.4 is 0 Å². The summed E-state index contributed by atoms with van der Waals surface area (Å²) in [5.74, 6) is 1.02. The third-order valence-corrected chi connectivity index (χ3v) is 2.33. The average Bonchev–Trinajstić information content (AvgIpc) is 2.64. The van der Waals surface area contributed by atoms with E-state index in [1.807, 2.05) is 0 Å². The van der Waals surface area contributed by atoms with E-state index in [9.17, 15) is 10.1 Å². The molecule has 82 valence electrons. The maximum Gasteiger partial charge on any atom is 0.270 e. The molecule has 1 aromatic heterocycles. The molecule has 5 nitrogen and oxygen atoms in total. The molecule has 0 saturated heterocycles. The number of nitro groups is 1. The van der Waals surface area contributed by atoms with Gasteiger partial charge in [-0.25, -0.2) is 4.98 Å². The highest BCUT2D eigenvalue weighted by atomic mass is 35.5. The fraction of sp³-hybridized carbons (Fsp3) is 0.100. The van der Waals surface area contributed by atoms with Crippen molar-refractivity contribution in [3.8, 4) is 11.5 Å². The first-order valence-corrected chi connectivity index (χ1v) is 4.82. The van der Waals surface area contributed by atoms with Crippen molar-refractivity contribution in [2.45, 2.75) is 6.92 Å². The molecular formula is C10H7ClN2O3. The number of benzene rings is 1. The molecule has 0 fully saturated rings. The fourth-order valence-electron chi connectivity index (χ4n) is 1.27. The monoisotopic (exact) mass is 238 g/mol. The second-order valence-corrected chi connectivity index (χ2v) is 3.60. The van der Waals surface area contributed by atoms with Crippen molar-refractivity contribution >= 4 is 17.3 Å². The zero-order valence-corrected chi connectivity index (χ0v) is 9.06. The minimum absolute atomic E-state index is 0.0583. The van der Waals surface area contributed by atoms with E-state index in [1.54, 1.807) is 13.1 Å². The predicted octanol–water partition coefficient (Wildman–Crippen LogP) is 3.21. The summed E-state index contributed by atoms with van der Waals surface area (Å²) in [4.78, 5) is 14.0. The lowest BCUT2D eigenvalue weighted by molar-refractivity contribution is -0.384. The quantitative estimate of drug-likeness (QED) is 0.595. The highest BCUT2D eigenvalue weighted by Gasteiger charge is 2.13. The van der Waals surface area contributed by atoms with Crippen LogP contribution in [0.2, 0.25) is 5.02 Å². The minimum atomic E-state index is -0.503. The maximum absolute atomic E-state index is 10.5. The molecule has 1 aromatic carbocycles. The van der Waals surface area contributed by atoms with Gasteiger partial charge in [0, 0.05) is 12.1 Å². The highest BCUT2D eigenvalue weighted by Crippen LogP contribution is 2.30. The molecule has 0 saturated carbocycles. The molecule has 2 rings (SSSR count). The van der Waals surface area contributed by atoms with Gasteiger partial charge >= 0.3 is 0 Å². The van der Waals surface area contributed by atoms with Gasteiger partial charge in [0.25, 0.3) is 5.69 Å². The van der Waals surface area contributed by atoms with Gasteiger partial charge in [-0.05, 0) is 13.0 Å². The van der Waals surface area contributed by atoms with Gasteiger partial charge < -0.3 is 4.42 Å². The van der Waals surface area contributed by atoms with Gasteiger partial charge in [0.1, 0.15) is 5.76 Å². The van der Waals surface area contributed by atoms with Crippen LogP contribution in [0.4, 0.5) is 5.69 Å². The molecule has 0 bridgehead atoms. The Bertz CT molecular complexity index is 551. The lowest BCUT2D eigenvalue weighted by Gasteiger charge is -1.99. The summed E-state index contributed by atoms with van der Waals surface area (Å²) in [6, 6.07) is 4.16. The standard InChI is InChI=1S/C10H7ClN2O3/c1-6-5-12-10(16-6)8-3-2-7(13(14)15)4-9(8)11/h2-5H,1H3. The number of aromatic nitrogens is 1. The van der Waals surface area contributed by atoms with E-state index in [0.717, 1.165) is 0 Å². The summed E-state index contributed by atoms with van der Waals surface area (Å²) in [6.07, 6.45) is 1.56. The lowest BCUT2D eigenvalue weighted by atomic mass is 10.2. The van der Waals surface area contributed by atoms with Crippen LogP contribution in [0.3, 0.4) is 0 Å². The van der Waals surface area contributed by atoms with Crippen LogP contribution in [0.15, 0.2) is 28.8 Å². The van der Waals surface area contributed by atoms with Crippen molar-refractivity contribution in [3.05, 3.63) is 45.3 Å². The van der Waals surface area contributed by atoms with E-state index in [4.69, 9.17) is 16.0 Å². The largest absolute Gasteiger partial charge is 0.441 e. The van der Waals surface area contributed by atoms with Crippen LogP contribution in [-0.4, -0.2) is 9.91 Å². The Hall–Kier alpha value is -1.88. The van der Waals surface area contributed by atoms with E-state index in [2.05, 4.69) is 4.98 Å². The molecule has 0 aliphatic rings. The number of nitrogens with zero attached hydrogens (tertiary/aromatic N) is 2. The maximum atomic E-state index is 10.5. The molecule has 1 heterocycles. The molecule has 0 aliphatic heterocycles. The molecule has 0 N–H and O–H groups in total. The Kier molecular flexibility index (Phi) is 2.62. The summed E-state index contributed by atoms with van der Waals surface area (Å²) in [7, 11) is 0. The Morgan fingerprint density at radius 1 is 1.50 bits per heavy atom. The van der Waals surface area contributed by atoms with Crippen LogP contribution in [0, 0.1) is 17.0 Å². The molecular weight excluding hydrogens is 232 g/mol. The summed E-state index contributed by atoms with van der Waals surface area (Å²) in [6.45, 7) is 1.76. The molecule has 0 amide bonds. The minimum Gasteiger partial charge on any atom is -0.441 e. The van der Waals surface area contributed by atoms with Crippen molar-refractivity contribution in [3.63, 3.8) is 0 Å². The first-order chi connectivity index (χ1) is 7.58. The van der Waals surface area contributed by atoms with Gasteiger partial charge in [-0.15, -0.1) is 0 Å².